The number of carbonyl (C=O) groups excluding carboxylic acids is 1. The highest BCUT2D eigenvalue weighted by Gasteiger charge is 2.33. The molecule has 0 aliphatic carbocycles. The molecule has 2 aliphatic heterocycles. The zero-order valence-electron chi connectivity index (χ0n) is 11.0. The van der Waals surface area contributed by atoms with Crippen LogP contribution in [0, 0.1) is 0 Å². The summed E-state index contributed by atoms with van der Waals surface area (Å²) in [5.41, 5.74) is 2.10. The third-order valence-electron chi connectivity index (χ3n) is 3.32. The van der Waals surface area contributed by atoms with Gasteiger partial charge in [0.25, 0.3) is 11.1 Å². The Balaban J connectivity index is 2.27. The number of thiocarbonyl (C=S) groups is 1. The molecule has 4 nitrogen and oxygen atoms in total. The van der Waals surface area contributed by atoms with Crippen molar-refractivity contribution in [3.8, 4) is 0 Å². The Labute approximate surface area is 113 Å². The van der Waals surface area contributed by atoms with Crippen LogP contribution in [-0.4, -0.2) is 41.0 Å². The van der Waals surface area contributed by atoms with E-state index in [0.717, 1.165) is 18.5 Å². The Morgan fingerprint density at radius 3 is 2.78 bits per heavy atom. The first-order chi connectivity index (χ1) is 8.54. The van der Waals surface area contributed by atoms with E-state index < -0.39 is 0 Å². The van der Waals surface area contributed by atoms with Crippen LogP contribution in [0.2, 0.25) is 0 Å². The maximum atomic E-state index is 12.1. The van der Waals surface area contributed by atoms with Crippen LogP contribution in [0.15, 0.2) is 23.1 Å². The topological polar surface area (TPSA) is 32.8 Å². The van der Waals surface area contributed by atoms with Gasteiger partial charge < -0.3 is 9.64 Å². The Kier molecular flexibility index (Phi) is 3.71. The van der Waals surface area contributed by atoms with E-state index in [9.17, 15) is 4.79 Å². The normalized spacial score (nSPS) is 25.2. The third kappa shape index (κ3) is 2.27. The van der Waals surface area contributed by atoms with Gasteiger partial charge in [0.1, 0.15) is 0 Å². The van der Waals surface area contributed by atoms with Crippen molar-refractivity contribution in [1.82, 2.24) is 9.80 Å². The van der Waals surface area contributed by atoms with E-state index in [4.69, 9.17) is 17.0 Å². The first-order valence-electron chi connectivity index (χ1n) is 6.20. The second-order valence-corrected chi connectivity index (χ2v) is 4.94. The first kappa shape index (κ1) is 13.1. The average Bonchev–Trinajstić information content (AvgIpc) is 2.84. The standard InChI is InChI=1S/C13H18N2O2S/c1-4-15-12(16)11(17-13(15)18)9(2)8-10-6-5-7-14(10)3/h8H,4-7H2,1-3H3. The van der Waals surface area contributed by atoms with Gasteiger partial charge in [-0.3, -0.25) is 9.69 Å². The van der Waals surface area contributed by atoms with Crippen molar-refractivity contribution >= 4 is 23.3 Å². The number of rotatable bonds is 2. The van der Waals surface area contributed by atoms with Gasteiger partial charge in [-0.25, -0.2) is 0 Å². The monoisotopic (exact) mass is 266 g/mol. The molecule has 5 heteroatoms. The summed E-state index contributed by atoms with van der Waals surface area (Å²) in [4.78, 5) is 15.7. The Morgan fingerprint density at radius 2 is 2.28 bits per heavy atom. The van der Waals surface area contributed by atoms with E-state index in [1.807, 2.05) is 19.9 Å². The molecule has 0 N–H and O–H groups in total. The first-order valence-corrected chi connectivity index (χ1v) is 6.61. The number of amides is 1. The zero-order chi connectivity index (χ0) is 13.3. The van der Waals surface area contributed by atoms with Crippen LogP contribution in [-0.2, 0) is 9.53 Å². The predicted octanol–water partition coefficient (Wildman–Crippen LogP) is 2.03. The molecule has 1 amide bonds. The fourth-order valence-corrected chi connectivity index (χ4v) is 2.54. The minimum Gasteiger partial charge on any atom is -0.425 e. The maximum Gasteiger partial charge on any atom is 0.297 e. The lowest BCUT2D eigenvalue weighted by Crippen LogP contribution is -2.28. The second-order valence-electron chi connectivity index (χ2n) is 4.59. The van der Waals surface area contributed by atoms with Gasteiger partial charge in [0, 0.05) is 25.8 Å². The minimum atomic E-state index is -0.127. The number of likely N-dealkylation sites (N-methyl/N-ethyl adjacent to an activating group) is 1. The summed E-state index contributed by atoms with van der Waals surface area (Å²) in [6.07, 6.45) is 4.25. The molecule has 18 heavy (non-hydrogen) atoms. The minimum absolute atomic E-state index is 0.127. The van der Waals surface area contributed by atoms with Gasteiger partial charge in [0.05, 0.1) is 0 Å². The van der Waals surface area contributed by atoms with Crippen molar-refractivity contribution in [3.63, 3.8) is 0 Å². The summed E-state index contributed by atoms with van der Waals surface area (Å²) < 4.78 is 5.41. The zero-order valence-corrected chi connectivity index (χ0v) is 11.8. The van der Waals surface area contributed by atoms with Crippen LogP contribution in [0.25, 0.3) is 0 Å². The van der Waals surface area contributed by atoms with Crippen LogP contribution < -0.4 is 0 Å². The van der Waals surface area contributed by atoms with Crippen molar-refractivity contribution in [2.24, 2.45) is 0 Å². The highest BCUT2D eigenvalue weighted by Crippen LogP contribution is 2.25. The number of carbonyl (C=O) groups is 1. The van der Waals surface area contributed by atoms with E-state index in [0.29, 0.717) is 12.3 Å². The van der Waals surface area contributed by atoms with E-state index >= 15 is 0 Å². The molecule has 2 aliphatic rings. The maximum absolute atomic E-state index is 12.1. The Morgan fingerprint density at radius 1 is 1.56 bits per heavy atom. The van der Waals surface area contributed by atoms with Crippen LogP contribution in [0.5, 0.6) is 0 Å². The highest BCUT2D eigenvalue weighted by atomic mass is 32.1. The quantitative estimate of drug-likeness (QED) is 0.565. The number of hydrogen-bond donors (Lipinski definition) is 0. The van der Waals surface area contributed by atoms with E-state index in [1.165, 1.54) is 17.0 Å². The largest absolute Gasteiger partial charge is 0.425 e. The molecule has 2 heterocycles. The van der Waals surface area contributed by atoms with E-state index in [2.05, 4.69) is 11.9 Å². The smallest absolute Gasteiger partial charge is 0.297 e. The predicted molar refractivity (Wildman–Crippen MR) is 73.7 cm³/mol. The van der Waals surface area contributed by atoms with Crippen LogP contribution in [0.3, 0.4) is 0 Å². The van der Waals surface area contributed by atoms with Gasteiger partial charge in [-0.15, -0.1) is 0 Å². The Bertz CT molecular complexity index is 454. The molecule has 0 unspecified atom stereocenters. The van der Waals surface area contributed by atoms with Crippen LogP contribution >= 0.6 is 12.2 Å². The molecule has 0 aromatic carbocycles. The Hall–Kier alpha value is -1.36. The number of ether oxygens (including phenoxy) is 1. The second kappa shape index (κ2) is 5.10. The van der Waals surface area contributed by atoms with Crippen LogP contribution in [0.1, 0.15) is 26.7 Å². The molecule has 2 saturated heterocycles. The van der Waals surface area contributed by atoms with Crippen molar-refractivity contribution in [1.29, 1.82) is 0 Å². The molecule has 2 rings (SSSR count). The third-order valence-corrected chi connectivity index (χ3v) is 3.63. The summed E-state index contributed by atoms with van der Waals surface area (Å²) >= 11 is 5.04. The molecule has 0 spiro atoms. The summed E-state index contributed by atoms with van der Waals surface area (Å²) in [6.45, 7) is 5.40. The molecule has 0 bridgehead atoms. The van der Waals surface area contributed by atoms with Crippen molar-refractivity contribution in [3.05, 3.63) is 23.1 Å². The molecular weight excluding hydrogens is 248 g/mol. The van der Waals surface area contributed by atoms with Gasteiger partial charge in [-0.2, -0.15) is 0 Å². The molecular formula is C13H18N2O2S. The molecule has 0 radical (unpaired) electrons. The lowest BCUT2D eigenvalue weighted by atomic mass is 10.2. The summed E-state index contributed by atoms with van der Waals surface area (Å²) in [7, 11) is 2.07. The summed E-state index contributed by atoms with van der Waals surface area (Å²) in [5, 5.41) is 0.259. The van der Waals surface area contributed by atoms with Gasteiger partial charge in [0.15, 0.2) is 5.76 Å². The van der Waals surface area contributed by atoms with Crippen molar-refractivity contribution in [2.75, 3.05) is 20.1 Å². The molecule has 0 aromatic rings. The van der Waals surface area contributed by atoms with Gasteiger partial charge in [-0.05, 0) is 50.6 Å². The molecule has 98 valence electrons. The number of nitrogens with zero attached hydrogens (tertiary/aromatic N) is 2. The summed E-state index contributed by atoms with van der Waals surface area (Å²) in [5.74, 6) is 0.243. The fourth-order valence-electron chi connectivity index (χ4n) is 2.24. The fraction of sp³-hybridized carbons (Fsp3) is 0.538. The number of likely N-dealkylation sites (tertiary alicyclic amines) is 1. The van der Waals surface area contributed by atoms with Gasteiger partial charge in [-0.1, -0.05) is 0 Å². The van der Waals surface area contributed by atoms with Crippen molar-refractivity contribution in [2.45, 2.75) is 26.7 Å². The molecule has 0 saturated carbocycles. The molecule has 0 atom stereocenters. The summed E-state index contributed by atoms with van der Waals surface area (Å²) in [6, 6.07) is 0. The number of hydrogen-bond acceptors (Lipinski definition) is 4. The van der Waals surface area contributed by atoms with Gasteiger partial charge >= 0.3 is 0 Å². The van der Waals surface area contributed by atoms with E-state index in [-0.39, 0.29) is 11.1 Å². The van der Waals surface area contributed by atoms with E-state index in [1.54, 1.807) is 0 Å². The van der Waals surface area contributed by atoms with Gasteiger partial charge in [0.2, 0.25) is 0 Å². The van der Waals surface area contributed by atoms with Crippen molar-refractivity contribution < 1.29 is 9.53 Å². The SMILES string of the molecule is CCN1C(=O)C(=C(C)C=C2CCCN2C)OC1=S. The van der Waals surface area contributed by atoms with Crippen LogP contribution in [0.4, 0.5) is 0 Å². The lowest BCUT2D eigenvalue weighted by Gasteiger charge is -2.12. The number of allylic oxidation sites excluding steroid dienone is 3. The molecule has 0 aromatic heterocycles. The lowest BCUT2D eigenvalue weighted by molar-refractivity contribution is -0.122. The highest BCUT2D eigenvalue weighted by molar-refractivity contribution is 7.80. The molecule has 2 fully saturated rings. The average molecular weight is 266 g/mol.